The van der Waals surface area contributed by atoms with Crippen LogP contribution < -0.4 is 9.05 Å². The van der Waals surface area contributed by atoms with Gasteiger partial charge in [0.15, 0.2) is 0 Å². The maximum absolute atomic E-state index is 13.5. The number of aromatic nitrogens is 2. The zero-order valence-corrected chi connectivity index (χ0v) is 9.46. The van der Waals surface area contributed by atoms with E-state index in [-0.39, 0.29) is 11.8 Å². The van der Waals surface area contributed by atoms with Crippen LogP contribution in [0.2, 0.25) is 0 Å². The molecule has 0 bridgehead atoms. The van der Waals surface area contributed by atoms with Crippen LogP contribution in [-0.2, 0) is 4.57 Å². The van der Waals surface area contributed by atoms with E-state index in [1.165, 1.54) is 24.5 Å². The Hall–Kier alpha value is -1.94. The van der Waals surface area contributed by atoms with Gasteiger partial charge in [0, 0.05) is 24.5 Å². The standard InChI is InChI=1S/C10H8FN2O3P/c11-17(14,15-9-5-1-3-7-12-9)16-10-6-2-4-8-13-10/h1-8H. The zero-order valence-electron chi connectivity index (χ0n) is 8.56. The molecule has 0 saturated carbocycles. The molecule has 0 aromatic carbocycles. The molecular weight excluding hydrogens is 246 g/mol. The molecule has 0 unspecified atom stereocenters. The van der Waals surface area contributed by atoms with E-state index in [9.17, 15) is 8.76 Å². The highest BCUT2D eigenvalue weighted by molar-refractivity contribution is 7.48. The van der Waals surface area contributed by atoms with Gasteiger partial charge < -0.3 is 9.05 Å². The second kappa shape index (κ2) is 4.93. The van der Waals surface area contributed by atoms with Crippen molar-refractivity contribution in [3.05, 3.63) is 48.8 Å². The molecule has 2 aromatic heterocycles. The Morgan fingerprint density at radius 2 is 1.41 bits per heavy atom. The molecule has 0 atom stereocenters. The number of pyridine rings is 2. The van der Waals surface area contributed by atoms with Gasteiger partial charge in [-0.15, -0.1) is 4.20 Å². The molecule has 0 spiro atoms. The summed E-state index contributed by atoms with van der Waals surface area (Å²) in [6, 6.07) is 9.12. The van der Waals surface area contributed by atoms with E-state index in [1.807, 2.05) is 0 Å². The van der Waals surface area contributed by atoms with Crippen molar-refractivity contribution < 1.29 is 17.8 Å². The van der Waals surface area contributed by atoms with E-state index < -0.39 is 7.91 Å². The monoisotopic (exact) mass is 254 g/mol. The Morgan fingerprint density at radius 3 is 1.76 bits per heavy atom. The molecular formula is C10H8FN2O3P. The Bertz CT molecular complexity index is 478. The molecule has 0 aliphatic carbocycles. The highest BCUT2D eigenvalue weighted by atomic mass is 31.2. The van der Waals surface area contributed by atoms with Gasteiger partial charge in [-0.1, -0.05) is 12.1 Å². The molecule has 0 fully saturated rings. The summed E-state index contributed by atoms with van der Waals surface area (Å²) in [5.74, 6) is -0.233. The second-order valence-electron chi connectivity index (χ2n) is 2.95. The SMILES string of the molecule is O=P(F)(Oc1ccccn1)Oc1ccccn1. The van der Waals surface area contributed by atoms with E-state index in [1.54, 1.807) is 24.3 Å². The predicted octanol–water partition coefficient (Wildman–Crippen LogP) is 3.01. The van der Waals surface area contributed by atoms with Gasteiger partial charge in [0.25, 0.3) is 0 Å². The molecule has 0 aliphatic heterocycles. The highest BCUT2D eigenvalue weighted by Gasteiger charge is 2.29. The minimum Gasteiger partial charge on any atom is -0.373 e. The molecule has 0 radical (unpaired) electrons. The fourth-order valence-electron chi connectivity index (χ4n) is 1.04. The highest BCUT2D eigenvalue weighted by Crippen LogP contribution is 2.48. The smallest absolute Gasteiger partial charge is 0.373 e. The van der Waals surface area contributed by atoms with Gasteiger partial charge in [0.05, 0.1) is 0 Å². The van der Waals surface area contributed by atoms with Crippen molar-refractivity contribution in [2.24, 2.45) is 0 Å². The van der Waals surface area contributed by atoms with Crippen LogP contribution in [0, 0.1) is 0 Å². The van der Waals surface area contributed by atoms with E-state index in [0.29, 0.717) is 0 Å². The van der Waals surface area contributed by atoms with E-state index in [4.69, 9.17) is 0 Å². The van der Waals surface area contributed by atoms with Crippen LogP contribution in [0.4, 0.5) is 4.20 Å². The van der Waals surface area contributed by atoms with Gasteiger partial charge in [0.1, 0.15) is 0 Å². The van der Waals surface area contributed by atoms with Crippen LogP contribution in [-0.4, -0.2) is 9.97 Å². The summed E-state index contributed by atoms with van der Waals surface area (Å²) in [5, 5.41) is 0. The Morgan fingerprint density at radius 1 is 0.941 bits per heavy atom. The zero-order chi connectivity index (χ0) is 12.1. The van der Waals surface area contributed by atoms with E-state index >= 15 is 0 Å². The summed E-state index contributed by atoms with van der Waals surface area (Å²) in [4.78, 5) is 7.34. The van der Waals surface area contributed by atoms with Crippen molar-refractivity contribution in [1.82, 2.24) is 9.97 Å². The topological polar surface area (TPSA) is 61.3 Å². The first-order chi connectivity index (χ1) is 8.16. The van der Waals surface area contributed by atoms with Crippen molar-refractivity contribution in [1.29, 1.82) is 0 Å². The molecule has 2 heterocycles. The molecule has 0 aliphatic rings. The van der Waals surface area contributed by atoms with Crippen molar-refractivity contribution in [3.8, 4) is 11.8 Å². The van der Waals surface area contributed by atoms with E-state index in [2.05, 4.69) is 19.0 Å². The lowest BCUT2D eigenvalue weighted by Gasteiger charge is -2.09. The number of hydrogen-bond donors (Lipinski definition) is 0. The van der Waals surface area contributed by atoms with Gasteiger partial charge in [-0.05, 0) is 12.1 Å². The van der Waals surface area contributed by atoms with Crippen LogP contribution in [0.25, 0.3) is 0 Å². The largest absolute Gasteiger partial charge is 0.631 e. The molecule has 0 amide bonds. The number of halogens is 1. The lowest BCUT2D eigenvalue weighted by molar-refractivity contribution is 0.328. The number of hydrogen-bond acceptors (Lipinski definition) is 5. The van der Waals surface area contributed by atoms with Crippen LogP contribution >= 0.6 is 7.91 Å². The maximum atomic E-state index is 13.5. The Labute approximate surface area is 96.9 Å². The van der Waals surface area contributed by atoms with Crippen LogP contribution in [0.3, 0.4) is 0 Å². The van der Waals surface area contributed by atoms with Gasteiger partial charge >= 0.3 is 7.91 Å². The number of nitrogens with zero attached hydrogens (tertiary/aromatic N) is 2. The third-order valence-electron chi connectivity index (χ3n) is 1.68. The maximum Gasteiger partial charge on any atom is 0.631 e. The average molecular weight is 254 g/mol. The van der Waals surface area contributed by atoms with Crippen LogP contribution in [0.5, 0.6) is 11.8 Å². The normalized spacial score (nSPS) is 10.9. The minimum atomic E-state index is -4.76. The Kier molecular flexibility index (Phi) is 3.35. The van der Waals surface area contributed by atoms with Gasteiger partial charge in [-0.2, -0.15) is 0 Å². The van der Waals surface area contributed by atoms with Gasteiger partial charge in [-0.25, -0.2) is 14.5 Å². The summed E-state index contributed by atoms with van der Waals surface area (Å²) in [5.41, 5.74) is 0. The van der Waals surface area contributed by atoms with Gasteiger partial charge in [0.2, 0.25) is 11.8 Å². The fourth-order valence-corrected chi connectivity index (χ4v) is 1.74. The first-order valence-electron chi connectivity index (χ1n) is 4.67. The number of rotatable bonds is 4. The Balaban J connectivity index is 2.07. The first-order valence-corrected chi connectivity index (χ1v) is 6.10. The molecule has 0 saturated heterocycles. The van der Waals surface area contributed by atoms with Crippen molar-refractivity contribution in [3.63, 3.8) is 0 Å². The lowest BCUT2D eigenvalue weighted by atomic mass is 10.5. The average Bonchev–Trinajstić information content (AvgIpc) is 2.30. The molecule has 2 aromatic rings. The molecule has 17 heavy (non-hydrogen) atoms. The van der Waals surface area contributed by atoms with Crippen molar-refractivity contribution in [2.45, 2.75) is 0 Å². The summed E-state index contributed by atoms with van der Waals surface area (Å²) < 4.78 is 33.9. The van der Waals surface area contributed by atoms with Crippen LogP contribution in [0.1, 0.15) is 0 Å². The summed E-state index contributed by atoms with van der Waals surface area (Å²) in [6.45, 7) is 0. The van der Waals surface area contributed by atoms with Gasteiger partial charge in [-0.3, -0.25) is 0 Å². The third-order valence-corrected chi connectivity index (χ3v) is 2.49. The lowest BCUT2D eigenvalue weighted by Crippen LogP contribution is -1.98. The van der Waals surface area contributed by atoms with Crippen molar-refractivity contribution >= 4 is 7.91 Å². The minimum absolute atomic E-state index is 0.116. The summed E-state index contributed by atoms with van der Waals surface area (Å²) >= 11 is 0. The first kappa shape index (κ1) is 11.5. The van der Waals surface area contributed by atoms with E-state index in [0.717, 1.165) is 0 Å². The summed E-state index contributed by atoms with van der Waals surface area (Å²) in [7, 11) is -4.76. The van der Waals surface area contributed by atoms with Crippen LogP contribution in [0.15, 0.2) is 48.8 Å². The molecule has 5 nitrogen and oxygen atoms in total. The third kappa shape index (κ3) is 3.53. The molecule has 88 valence electrons. The second-order valence-corrected chi connectivity index (χ2v) is 4.18. The quantitative estimate of drug-likeness (QED) is 0.785. The fraction of sp³-hybridized carbons (Fsp3) is 0. The molecule has 2 rings (SSSR count). The summed E-state index contributed by atoms with van der Waals surface area (Å²) in [6.07, 6.45) is 2.77. The molecule has 7 heteroatoms. The predicted molar refractivity (Wildman–Crippen MR) is 58.4 cm³/mol. The molecule has 0 N–H and O–H groups in total. The van der Waals surface area contributed by atoms with Crippen molar-refractivity contribution in [2.75, 3.05) is 0 Å².